The van der Waals surface area contributed by atoms with Crippen LogP contribution < -0.4 is 4.90 Å². The van der Waals surface area contributed by atoms with Gasteiger partial charge in [-0.2, -0.15) is 0 Å². The van der Waals surface area contributed by atoms with Crippen LogP contribution in [-0.2, 0) is 6.54 Å². The number of nitrogens with zero attached hydrogens (tertiary/aromatic N) is 6. The van der Waals surface area contributed by atoms with Crippen molar-refractivity contribution in [3.05, 3.63) is 48.3 Å². The Morgan fingerprint density at radius 2 is 2.05 bits per heavy atom. The van der Waals surface area contributed by atoms with Crippen LogP contribution in [0, 0.1) is 6.92 Å². The number of anilines is 1. The summed E-state index contributed by atoms with van der Waals surface area (Å²) in [6.45, 7) is 2.60. The zero-order valence-electron chi connectivity index (χ0n) is 10.9. The molecule has 0 unspecified atom stereocenters. The van der Waals surface area contributed by atoms with E-state index in [4.69, 9.17) is 0 Å². The molecule has 0 fully saturated rings. The molecule has 0 amide bonds. The van der Waals surface area contributed by atoms with Gasteiger partial charge in [0.05, 0.1) is 12.2 Å². The molecule has 0 radical (unpaired) electrons. The molecule has 3 aromatic heterocycles. The molecule has 3 aromatic rings. The molecular weight excluding hydrogens is 240 g/mol. The third-order valence-electron chi connectivity index (χ3n) is 2.97. The molecule has 0 aliphatic carbocycles. The van der Waals surface area contributed by atoms with Crippen molar-refractivity contribution in [3.8, 4) is 0 Å². The summed E-state index contributed by atoms with van der Waals surface area (Å²) in [7, 11) is 1.97. The molecule has 3 heterocycles. The summed E-state index contributed by atoms with van der Waals surface area (Å²) >= 11 is 0. The lowest BCUT2D eigenvalue weighted by Crippen LogP contribution is -2.19. The van der Waals surface area contributed by atoms with Crippen molar-refractivity contribution in [2.45, 2.75) is 13.5 Å². The molecule has 3 rings (SSSR count). The molecule has 0 atom stereocenters. The third kappa shape index (κ3) is 2.12. The first kappa shape index (κ1) is 11.6. The minimum atomic E-state index is 0.680. The van der Waals surface area contributed by atoms with Gasteiger partial charge >= 0.3 is 0 Å². The molecule has 6 heteroatoms. The maximum atomic E-state index is 4.39. The van der Waals surface area contributed by atoms with E-state index >= 15 is 0 Å². The van der Waals surface area contributed by atoms with Crippen molar-refractivity contribution in [1.29, 1.82) is 0 Å². The summed E-state index contributed by atoms with van der Waals surface area (Å²) in [4.78, 5) is 10.7. The van der Waals surface area contributed by atoms with Gasteiger partial charge in [0.25, 0.3) is 0 Å². The van der Waals surface area contributed by atoms with Gasteiger partial charge in [0.2, 0.25) is 5.65 Å². The highest BCUT2D eigenvalue weighted by Crippen LogP contribution is 2.17. The van der Waals surface area contributed by atoms with E-state index in [1.807, 2.05) is 47.7 Å². The predicted molar refractivity (Wildman–Crippen MR) is 71.9 cm³/mol. The molecular formula is C13H14N6. The van der Waals surface area contributed by atoms with Crippen LogP contribution in [0.5, 0.6) is 0 Å². The zero-order valence-corrected chi connectivity index (χ0v) is 10.9. The Balaban J connectivity index is 1.96. The lowest BCUT2D eigenvalue weighted by Gasteiger charge is -2.17. The highest BCUT2D eigenvalue weighted by atomic mass is 15.3. The minimum absolute atomic E-state index is 0.680. The fraction of sp³-hybridized carbons (Fsp3) is 0.231. The van der Waals surface area contributed by atoms with Crippen molar-refractivity contribution >= 4 is 11.5 Å². The molecule has 0 saturated carbocycles. The second kappa shape index (κ2) is 4.64. The van der Waals surface area contributed by atoms with E-state index in [1.54, 1.807) is 12.4 Å². The predicted octanol–water partition coefficient (Wildman–Crippen LogP) is 1.46. The van der Waals surface area contributed by atoms with Gasteiger partial charge in [0, 0.05) is 25.6 Å². The maximum Gasteiger partial charge on any atom is 0.203 e. The van der Waals surface area contributed by atoms with Gasteiger partial charge in [-0.25, -0.2) is 4.98 Å². The number of pyridine rings is 1. The number of rotatable bonds is 3. The van der Waals surface area contributed by atoms with Crippen molar-refractivity contribution in [1.82, 2.24) is 24.6 Å². The lowest BCUT2D eigenvalue weighted by molar-refractivity contribution is 0.861. The summed E-state index contributed by atoms with van der Waals surface area (Å²) in [5.74, 6) is 1.65. The molecule has 0 bridgehead atoms. The minimum Gasteiger partial charge on any atom is -0.351 e. The molecule has 0 spiro atoms. The molecule has 0 aliphatic rings. The van der Waals surface area contributed by atoms with E-state index in [-0.39, 0.29) is 0 Å². The van der Waals surface area contributed by atoms with E-state index < -0.39 is 0 Å². The average molecular weight is 254 g/mol. The summed E-state index contributed by atoms with van der Waals surface area (Å²) < 4.78 is 1.93. The molecule has 6 nitrogen and oxygen atoms in total. The summed E-state index contributed by atoms with van der Waals surface area (Å²) in [6, 6.07) is 5.88. The SMILES string of the molecule is Cc1nnc2c(N(C)Cc3ccccn3)nccn12. The Morgan fingerprint density at radius 3 is 2.84 bits per heavy atom. The first-order valence-corrected chi connectivity index (χ1v) is 6.03. The Morgan fingerprint density at radius 1 is 1.16 bits per heavy atom. The number of aromatic nitrogens is 5. The van der Waals surface area contributed by atoms with E-state index in [0.717, 1.165) is 23.0 Å². The van der Waals surface area contributed by atoms with Gasteiger partial charge < -0.3 is 4.90 Å². The molecule has 0 saturated heterocycles. The topological polar surface area (TPSA) is 59.2 Å². The van der Waals surface area contributed by atoms with Gasteiger partial charge in [0.1, 0.15) is 5.82 Å². The summed E-state index contributed by atoms with van der Waals surface area (Å²) in [6.07, 6.45) is 5.41. The normalized spacial score (nSPS) is 10.8. The van der Waals surface area contributed by atoms with Crippen LogP contribution in [0.2, 0.25) is 0 Å². The van der Waals surface area contributed by atoms with Gasteiger partial charge in [-0.1, -0.05) is 6.07 Å². The Bertz CT molecular complexity index is 691. The van der Waals surface area contributed by atoms with Crippen LogP contribution in [0.25, 0.3) is 5.65 Å². The second-order valence-electron chi connectivity index (χ2n) is 4.37. The first-order chi connectivity index (χ1) is 9.25. The molecule has 19 heavy (non-hydrogen) atoms. The molecule has 0 aliphatic heterocycles. The lowest BCUT2D eigenvalue weighted by atomic mass is 10.3. The monoisotopic (exact) mass is 254 g/mol. The van der Waals surface area contributed by atoms with Crippen molar-refractivity contribution in [3.63, 3.8) is 0 Å². The Labute approximate surface area is 110 Å². The van der Waals surface area contributed by atoms with Crippen LogP contribution in [-0.4, -0.2) is 31.6 Å². The van der Waals surface area contributed by atoms with Crippen LogP contribution in [0.1, 0.15) is 11.5 Å². The Kier molecular flexibility index (Phi) is 2.83. The molecule has 96 valence electrons. The number of hydrogen-bond donors (Lipinski definition) is 0. The first-order valence-electron chi connectivity index (χ1n) is 6.03. The van der Waals surface area contributed by atoms with Crippen LogP contribution >= 0.6 is 0 Å². The van der Waals surface area contributed by atoms with E-state index in [0.29, 0.717) is 6.54 Å². The zero-order chi connectivity index (χ0) is 13.2. The fourth-order valence-corrected chi connectivity index (χ4v) is 2.01. The van der Waals surface area contributed by atoms with Gasteiger partial charge in [-0.15, -0.1) is 10.2 Å². The third-order valence-corrected chi connectivity index (χ3v) is 2.97. The maximum absolute atomic E-state index is 4.39. The fourth-order valence-electron chi connectivity index (χ4n) is 2.01. The number of aryl methyl sites for hydroxylation is 1. The van der Waals surface area contributed by atoms with Gasteiger partial charge in [-0.05, 0) is 19.1 Å². The number of fused-ring (bicyclic) bond motifs is 1. The quantitative estimate of drug-likeness (QED) is 0.708. The molecule has 0 N–H and O–H groups in total. The number of hydrogen-bond acceptors (Lipinski definition) is 5. The summed E-state index contributed by atoms with van der Waals surface area (Å²) in [5, 5.41) is 8.25. The van der Waals surface area contributed by atoms with Crippen LogP contribution in [0.4, 0.5) is 5.82 Å². The highest BCUT2D eigenvalue weighted by molar-refractivity contribution is 5.63. The summed E-state index contributed by atoms with van der Waals surface area (Å²) in [5.41, 5.74) is 1.75. The van der Waals surface area contributed by atoms with Crippen LogP contribution in [0.15, 0.2) is 36.8 Å². The second-order valence-corrected chi connectivity index (χ2v) is 4.37. The smallest absolute Gasteiger partial charge is 0.203 e. The van der Waals surface area contributed by atoms with E-state index in [1.165, 1.54) is 0 Å². The standard InChI is InChI=1S/C13H14N6/c1-10-16-17-13-12(15-7-8-19(10)13)18(2)9-11-5-3-4-6-14-11/h3-8H,9H2,1-2H3. The Hall–Kier alpha value is -2.50. The van der Waals surface area contributed by atoms with E-state index in [9.17, 15) is 0 Å². The average Bonchev–Trinajstić information content (AvgIpc) is 2.82. The van der Waals surface area contributed by atoms with Gasteiger partial charge in [0.15, 0.2) is 5.82 Å². The van der Waals surface area contributed by atoms with Crippen molar-refractivity contribution in [2.24, 2.45) is 0 Å². The largest absolute Gasteiger partial charge is 0.351 e. The highest BCUT2D eigenvalue weighted by Gasteiger charge is 2.12. The molecule has 0 aromatic carbocycles. The van der Waals surface area contributed by atoms with Crippen LogP contribution in [0.3, 0.4) is 0 Å². The van der Waals surface area contributed by atoms with Crippen molar-refractivity contribution < 1.29 is 0 Å². The van der Waals surface area contributed by atoms with Crippen molar-refractivity contribution in [2.75, 3.05) is 11.9 Å². The van der Waals surface area contributed by atoms with E-state index in [2.05, 4.69) is 20.2 Å². The van der Waals surface area contributed by atoms with Gasteiger partial charge in [-0.3, -0.25) is 9.38 Å².